The topological polar surface area (TPSA) is 90.5 Å². The molecule has 7 heteroatoms. The standard InChI is InChI=1S/C12H6N6O/c1-3-8(10-5-19-18-16-10)15-17-11-7(1)2-4-9-12(11)14-6-13-9/h1-6H. The van der Waals surface area contributed by atoms with Crippen molar-refractivity contribution in [3.8, 4) is 11.4 Å². The number of hydrogen-bond acceptors (Lipinski definition) is 7. The predicted octanol–water partition coefficient (Wildman–Crippen LogP) is 1.62. The van der Waals surface area contributed by atoms with E-state index in [1.54, 1.807) is 0 Å². The molecule has 4 aromatic rings. The number of fused-ring (bicyclic) bond motifs is 3. The Labute approximate surface area is 106 Å². The number of rotatable bonds is 1. The summed E-state index contributed by atoms with van der Waals surface area (Å²) in [4.78, 5) is 8.35. The highest BCUT2D eigenvalue weighted by atomic mass is 16.5. The lowest BCUT2D eigenvalue weighted by atomic mass is 10.2. The van der Waals surface area contributed by atoms with Crippen LogP contribution in [-0.4, -0.2) is 30.5 Å². The molecule has 19 heavy (non-hydrogen) atoms. The van der Waals surface area contributed by atoms with Crippen molar-refractivity contribution in [2.75, 3.05) is 0 Å². The Morgan fingerprint density at radius 2 is 1.74 bits per heavy atom. The Morgan fingerprint density at radius 3 is 2.63 bits per heavy atom. The Bertz CT molecular complexity index is 874. The van der Waals surface area contributed by atoms with Crippen molar-refractivity contribution in [1.29, 1.82) is 0 Å². The lowest BCUT2D eigenvalue weighted by Gasteiger charge is -1.90. The van der Waals surface area contributed by atoms with Crippen LogP contribution in [-0.2, 0) is 0 Å². The van der Waals surface area contributed by atoms with Crippen LogP contribution in [0.1, 0.15) is 0 Å². The summed E-state index contributed by atoms with van der Waals surface area (Å²) in [5.41, 5.74) is 3.38. The van der Waals surface area contributed by atoms with Gasteiger partial charge in [0.1, 0.15) is 23.1 Å². The van der Waals surface area contributed by atoms with Gasteiger partial charge < -0.3 is 4.52 Å². The number of aromatic nitrogens is 6. The normalized spacial score (nSPS) is 11.2. The molecule has 0 N–H and O–H groups in total. The van der Waals surface area contributed by atoms with Crippen molar-refractivity contribution in [3.63, 3.8) is 0 Å². The summed E-state index contributed by atoms with van der Waals surface area (Å²) in [6, 6.07) is 7.57. The Morgan fingerprint density at radius 1 is 0.789 bits per heavy atom. The maximum Gasteiger partial charge on any atom is 0.154 e. The first kappa shape index (κ1) is 10.0. The zero-order valence-corrected chi connectivity index (χ0v) is 9.56. The summed E-state index contributed by atoms with van der Waals surface area (Å²) in [6.07, 6.45) is 2.94. The molecular formula is C12H6N6O. The van der Waals surface area contributed by atoms with Crippen molar-refractivity contribution in [2.45, 2.75) is 0 Å². The van der Waals surface area contributed by atoms with Gasteiger partial charge in [0.15, 0.2) is 12.0 Å². The molecule has 0 saturated heterocycles. The second kappa shape index (κ2) is 3.77. The van der Waals surface area contributed by atoms with Gasteiger partial charge in [0.05, 0.1) is 5.52 Å². The van der Waals surface area contributed by atoms with E-state index < -0.39 is 0 Å². The number of hydrogen-bond donors (Lipinski definition) is 0. The summed E-state index contributed by atoms with van der Waals surface area (Å²) < 4.78 is 4.70. The third kappa shape index (κ3) is 1.52. The van der Waals surface area contributed by atoms with Gasteiger partial charge in [-0.15, -0.1) is 15.3 Å². The van der Waals surface area contributed by atoms with E-state index >= 15 is 0 Å². The Balaban J connectivity index is 2.05. The average Bonchev–Trinajstić information content (AvgIpc) is 3.07. The van der Waals surface area contributed by atoms with Crippen molar-refractivity contribution >= 4 is 21.9 Å². The highest BCUT2D eigenvalue weighted by Crippen LogP contribution is 2.21. The molecule has 7 nitrogen and oxygen atoms in total. The highest BCUT2D eigenvalue weighted by molar-refractivity contribution is 6.00. The van der Waals surface area contributed by atoms with Gasteiger partial charge in [-0.3, -0.25) is 0 Å². The third-order valence-electron chi connectivity index (χ3n) is 2.85. The molecule has 0 aliphatic rings. The van der Waals surface area contributed by atoms with Crippen molar-refractivity contribution in [3.05, 3.63) is 36.9 Å². The van der Waals surface area contributed by atoms with E-state index in [0.29, 0.717) is 16.9 Å². The first-order valence-corrected chi connectivity index (χ1v) is 5.56. The summed E-state index contributed by atoms with van der Waals surface area (Å²) >= 11 is 0. The minimum atomic E-state index is 0.539. The molecule has 0 atom stereocenters. The van der Waals surface area contributed by atoms with E-state index in [1.165, 1.54) is 12.6 Å². The number of benzene rings is 1. The monoisotopic (exact) mass is 250 g/mol. The fraction of sp³-hybridized carbons (Fsp3) is 0. The molecule has 90 valence electrons. The predicted molar refractivity (Wildman–Crippen MR) is 65.9 cm³/mol. The average molecular weight is 250 g/mol. The summed E-state index contributed by atoms with van der Waals surface area (Å²) in [5, 5.41) is 16.6. The molecule has 0 radical (unpaired) electrons. The fourth-order valence-corrected chi connectivity index (χ4v) is 1.92. The van der Waals surface area contributed by atoms with E-state index in [2.05, 4.69) is 30.5 Å². The second-order valence-corrected chi connectivity index (χ2v) is 3.95. The number of imidazole rings is 1. The molecular weight excluding hydrogens is 244 g/mol. The van der Waals surface area contributed by atoms with Gasteiger partial charge in [0.2, 0.25) is 0 Å². The van der Waals surface area contributed by atoms with Crippen LogP contribution < -0.4 is 0 Å². The molecule has 0 saturated carbocycles. The second-order valence-electron chi connectivity index (χ2n) is 3.95. The Hall–Kier alpha value is -2.96. The summed E-state index contributed by atoms with van der Waals surface area (Å²) in [6.45, 7) is 0. The van der Waals surface area contributed by atoms with Gasteiger partial charge in [0, 0.05) is 10.7 Å². The van der Waals surface area contributed by atoms with E-state index in [-0.39, 0.29) is 0 Å². The zero-order chi connectivity index (χ0) is 12.7. The SMILES string of the molecule is c1nc2ccc3ccc(-c4conn4)nnc3c2n1. The summed E-state index contributed by atoms with van der Waals surface area (Å²) in [5.74, 6) is 0. The lowest BCUT2D eigenvalue weighted by Crippen LogP contribution is -1.83. The maximum absolute atomic E-state index is 4.70. The summed E-state index contributed by atoms with van der Waals surface area (Å²) in [7, 11) is 0. The lowest BCUT2D eigenvalue weighted by molar-refractivity contribution is 0.393. The fourth-order valence-electron chi connectivity index (χ4n) is 1.92. The maximum atomic E-state index is 4.70. The van der Waals surface area contributed by atoms with Crippen LogP contribution in [0.15, 0.2) is 41.4 Å². The van der Waals surface area contributed by atoms with E-state index in [4.69, 9.17) is 4.52 Å². The molecule has 0 aliphatic carbocycles. The van der Waals surface area contributed by atoms with Crippen LogP contribution in [0.5, 0.6) is 0 Å². The highest BCUT2D eigenvalue weighted by Gasteiger charge is 2.07. The molecule has 0 spiro atoms. The van der Waals surface area contributed by atoms with Crippen LogP contribution in [0.2, 0.25) is 0 Å². The largest absolute Gasteiger partial charge is 0.345 e. The Kier molecular flexibility index (Phi) is 1.99. The smallest absolute Gasteiger partial charge is 0.154 e. The van der Waals surface area contributed by atoms with Crippen molar-refractivity contribution in [1.82, 2.24) is 30.5 Å². The van der Waals surface area contributed by atoms with Crippen LogP contribution in [0, 0.1) is 0 Å². The minimum absolute atomic E-state index is 0.539. The van der Waals surface area contributed by atoms with Crippen LogP contribution in [0.3, 0.4) is 0 Å². The molecule has 3 aromatic heterocycles. The minimum Gasteiger partial charge on any atom is -0.345 e. The van der Waals surface area contributed by atoms with E-state index in [1.807, 2.05) is 24.3 Å². The van der Waals surface area contributed by atoms with Gasteiger partial charge in [-0.25, -0.2) is 9.97 Å². The van der Waals surface area contributed by atoms with Crippen LogP contribution in [0.25, 0.3) is 33.3 Å². The van der Waals surface area contributed by atoms with Crippen molar-refractivity contribution < 1.29 is 4.52 Å². The van der Waals surface area contributed by atoms with E-state index in [0.717, 1.165) is 16.4 Å². The van der Waals surface area contributed by atoms with E-state index in [9.17, 15) is 0 Å². The first-order chi connectivity index (χ1) is 9.42. The third-order valence-corrected chi connectivity index (χ3v) is 2.85. The molecule has 0 bridgehead atoms. The van der Waals surface area contributed by atoms with Gasteiger partial charge in [0.25, 0.3) is 0 Å². The van der Waals surface area contributed by atoms with Gasteiger partial charge in [-0.1, -0.05) is 12.1 Å². The van der Waals surface area contributed by atoms with Crippen LogP contribution >= 0.6 is 0 Å². The van der Waals surface area contributed by atoms with Crippen molar-refractivity contribution in [2.24, 2.45) is 0 Å². The van der Waals surface area contributed by atoms with Gasteiger partial charge in [-0.05, 0) is 12.1 Å². The molecule has 0 aliphatic heterocycles. The molecule has 0 unspecified atom stereocenters. The molecule has 4 rings (SSSR count). The quantitative estimate of drug-likeness (QED) is 0.507. The number of nitrogens with zero attached hydrogens (tertiary/aromatic N) is 6. The van der Waals surface area contributed by atoms with Gasteiger partial charge in [-0.2, -0.15) is 0 Å². The molecule has 3 heterocycles. The molecule has 1 aromatic carbocycles. The van der Waals surface area contributed by atoms with Gasteiger partial charge >= 0.3 is 0 Å². The molecule has 0 amide bonds. The molecule has 0 fully saturated rings. The first-order valence-electron chi connectivity index (χ1n) is 5.56. The zero-order valence-electron chi connectivity index (χ0n) is 9.56. The van der Waals surface area contributed by atoms with Crippen LogP contribution in [0.4, 0.5) is 0 Å².